The maximum Gasteiger partial charge on any atom is 0.411 e. The molecular formula is C48H57N7O5Si. The molecule has 13 heteroatoms. The highest BCUT2D eigenvalue weighted by atomic mass is 28.4. The van der Waals surface area contributed by atoms with Crippen LogP contribution in [0.5, 0.6) is 5.75 Å². The van der Waals surface area contributed by atoms with E-state index >= 15 is 0 Å². The van der Waals surface area contributed by atoms with E-state index in [-0.39, 0.29) is 28.6 Å². The summed E-state index contributed by atoms with van der Waals surface area (Å²) in [5, 5.41) is 27.5. The van der Waals surface area contributed by atoms with Gasteiger partial charge in [0.2, 0.25) is 5.56 Å². The summed E-state index contributed by atoms with van der Waals surface area (Å²) in [5.41, 5.74) is 7.43. The fourth-order valence-corrected chi connectivity index (χ4v) is 9.49. The number of aromatic nitrogens is 4. The predicted molar refractivity (Wildman–Crippen MR) is 245 cm³/mol. The number of aromatic amines is 1. The average Bonchev–Trinajstić information content (AvgIpc) is 3.65. The van der Waals surface area contributed by atoms with Crippen LogP contribution in [-0.4, -0.2) is 76.7 Å². The number of rotatable bonds is 14. The fraction of sp³-hybridized carbons (Fsp3) is 0.375. The number of benzene rings is 4. The molecule has 0 unspecified atom stereocenters. The standard InChI is InChI=1S/C48H57N7O5Si/c1-48(2,3)61(4,5)60-43(37-17-20-42(56)46-38(37)18-21-45(57)51-46)30-49-29-33-15-19-39-41(28-33)53-55(52-39)24-10-9-11-32-14-16-36(34-12-7-6-8-13-34)40(27-32)50-47(58)59-44-31-54-25-22-35(44)23-26-54/h6-9,11-21,27-28,35,43-44,49,56H,10,22-26,29-31H2,1-5H3,(H,50,58)(H,51,57)/b11-9+/t43-,44-/m0/s1. The topological polar surface area (TPSA) is 147 Å². The zero-order valence-corrected chi connectivity index (χ0v) is 36.8. The Hall–Kier alpha value is -5.60. The first-order valence-electron chi connectivity index (χ1n) is 21.4. The summed E-state index contributed by atoms with van der Waals surface area (Å²) in [7, 11) is -2.21. The molecule has 0 radical (unpaired) electrons. The van der Waals surface area contributed by atoms with Gasteiger partial charge in [0.15, 0.2) is 8.32 Å². The van der Waals surface area contributed by atoms with Crippen molar-refractivity contribution in [2.75, 3.05) is 31.5 Å². The summed E-state index contributed by atoms with van der Waals surface area (Å²) in [6, 6.07) is 29.1. The van der Waals surface area contributed by atoms with Crippen molar-refractivity contribution in [3.63, 3.8) is 0 Å². The van der Waals surface area contributed by atoms with Crippen molar-refractivity contribution < 1.29 is 19.1 Å². The number of phenolic OH excluding ortho intramolecular Hbond substituents is 1. The third-order valence-corrected chi connectivity index (χ3v) is 17.2. The Balaban J connectivity index is 0.907. The number of hydrogen-bond donors (Lipinski definition) is 4. The number of H-pyrrole nitrogens is 1. The van der Waals surface area contributed by atoms with E-state index in [1.54, 1.807) is 16.9 Å². The second-order valence-electron chi connectivity index (χ2n) is 18.0. The number of phenols is 1. The molecule has 61 heavy (non-hydrogen) atoms. The Morgan fingerprint density at radius 3 is 2.52 bits per heavy atom. The van der Waals surface area contributed by atoms with E-state index in [2.05, 4.69) is 84.7 Å². The van der Waals surface area contributed by atoms with Gasteiger partial charge in [-0.1, -0.05) is 87.5 Å². The number of carbonyl (C=O) groups excluding carboxylic acids is 1. The number of anilines is 1. The van der Waals surface area contributed by atoms with Gasteiger partial charge in [-0.05, 0) is 109 Å². The maximum absolute atomic E-state index is 13.2. The molecule has 4 aromatic carbocycles. The number of allylic oxidation sites excluding steroid dienone is 1. The van der Waals surface area contributed by atoms with Crippen molar-refractivity contribution in [2.45, 2.75) is 83.5 Å². The SMILES string of the molecule is CC(C)(C)[Si](C)(C)O[C@@H](CNCc1ccc2nn(CC/C=C/c3ccc(-c4ccccc4)c(NC(=O)O[C@H]4CN5CCC4CC5)c3)nc2c1)c1ccc(O)c2[nH]c(=O)ccc12. The van der Waals surface area contributed by atoms with Gasteiger partial charge in [0, 0.05) is 36.7 Å². The van der Waals surface area contributed by atoms with Crippen molar-refractivity contribution >= 4 is 48.1 Å². The van der Waals surface area contributed by atoms with Crippen LogP contribution in [0.3, 0.4) is 0 Å². The molecule has 3 fully saturated rings. The number of carbonyl (C=O) groups is 1. The van der Waals surface area contributed by atoms with Gasteiger partial charge < -0.3 is 24.6 Å². The van der Waals surface area contributed by atoms with E-state index in [0.717, 1.165) is 88.8 Å². The molecule has 3 aliphatic rings. The maximum atomic E-state index is 13.2. The third-order valence-electron chi connectivity index (χ3n) is 12.7. The monoisotopic (exact) mass is 839 g/mol. The van der Waals surface area contributed by atoms with Crippen LogP contribution in [0.15, 0.2) is 102 Å². The van der Waals surface area contributed by atoms with Crippen LogP contribution >= 0.6 is 0 Å². The summed E-state index contributed by atoms with van der Waals surface area (Å²) in [4.78, 5) is 32.3. The molecule has 1 amide bonds. The largest absolute Gasteiger partial charge is 0.506 e. The van der Waals surface area contributed by atoms with E-state index in [0.29, 0.717) is 31.1 Å². The van der Waals surface area contributed by atoms with Crippen molar-refractivity contribution in [3.05, 3.63) is 124 Å². The Bertz CT molecular complexity index is 2590. The minimum atomic E-state index is -2.21. The molecule has 9 rings (SSSR count). The lowest BCUT2D eigenvalue weighted by Gasteiger charge is -2.43. The van der Waals surface area contributed by atoms with Gasteiger partial charge in [-0.15, -0.1) is 0 Å². The number of aromatic hydroxyl groups is 1. The van der Waals surface area contributed by atoms with Gasteiger partial charge in [-0.3, -0.25) is 15.0 Å². The van der Waals surface area contributed by atoms with Gasteiger partial charge >= 0.3 is 6.09 Å². The molecule has 3 saturated heterocycles. The number of fused-ring (bicyclic) bond motifs is 5. The number of ether oxygens (including phenoxy) is 1. The molecule has 0 aliphatic carbocycles. The highest BCUT2D eigenvalue weighted by Crippen LogP contribution is 2.41. The summed E-state index contributed by atoms with van der Waals surface area (Å²) in [6.45, 7) is 15.8. The summed E-state index contributed by atoms with van der Waals surface area (Å²) >= 11 is 0. The molecule has 318 valence electrons. The molecule has 0 saturated carbocycles. The summed E-state index contributed by atoms with van der Waals surface area (Å²) < 4.78 is 13.0. The highest BCUT2D eigenvalue weighted by Gasteiger charge is 2.40. The minimum absolute atomic E-state index is 0.0161. The smallest absolute Gasteiger partial charge is 0.411 e. The zero-order valence-electron chi connectivity index (χ0n) is 35.8. The van der Waals surface area contributed by atoms with Crippen LogP contribution in [-0.2, 0) is 22.3 Å². The van der Waals surface area contributed by atoms with E-state index in [9.17, 15) is 14.7 Å². The molecule has 0 spiro atoms. The molecule has 2 atom stereocenters. The average molecular weight is 840 g/mol. The molecule has 6 aromatic rings. The van der Waals surface area contributed by atoms with Gasteiger partial charge in [-0.25, -0.2) is 4.79 Å². The first-order valence-corrected chi connectivity index (χ1v) is 24.3. The Morgan fingerprint density at radius 2 is 1.77 bits per heavy atom. The summed E-state index contributed by atoms with van der Waals surface area (Å²) in [5.74, 6) is 0.467. The quantitative estimate of drug-likeness (QED) is 0.0789. The van der Waals surface area contributed by atoms with E-state index in [4.69, 9.17) is 19.4 Å². The summed E-state index contributed by atoms with van der Waals surface area (Å²) in [6.07, 6.45) is 6.26. The van der Waals surface area contributed by atoms with Gasteiger partial charge in [0.05, 0.1) is 23.9 Å². The fourth-order valence-electron chi connectivity index (χ4n) is 8.22. The Kier molecular flexibility index (Phi) is 12.3. The van der Waals surface area contributed by atoms with Gasteiger partial charge in [0.25, 0.3) is 0 Å². The third kappa shape index (κ3) is 9.81. The van der Waals surface area contributed by atoms with Crippen LogP contribution in [0.25, 0.3) is 39.1 Å². The number of nitrogens with zero attached hydrogens (tertiary/aromatic N) is 4. The van der Waals surface area contributed by atoms with E-state index in [1.807, 2.05) is 54.6 Å². The first kappa shape index (κ1) is 42.1. The Morgan fingerprint density at radius 1 is 0.984 bits per heavy atom. The van der Waals surface area contributed by atoms with Crippen molar-refractivity contribution in [1.29, 1.82) is 0 Å². The van der Waals surface area contributed by atoms with Crippen LogP contribution in [0.4, 0.5) is 10.5 Å². The van der Waals surface area contributed by atoms with Crippen LogP contribution in [0.1, 0.15) is 62.8 Å². The lowest BCUT2D eigenvalue weighted by Crippen LogP contribution is -2.52. The number of nitrogens with one attached hydrogen (secondary N) is 3. The first-order chi connectivity index (χ1) is 29.3. The van der Waals surface area contributed by atoms with Crippen molar-refractivity contribution in [1.82, 2.24) is 30.2 Å². The number of aryl methyl sites for hydroxylation is 1. The number of amides is 1. The van der Waals surface area contributed by atoms with E-state index < -0.39 is 14.4 Å². The Labute approximate surface area is 358 Å². The van der Waals surface area contributed by atoms with Crippen LogP contribution in [0.2, 0.25) is 18.1 Å². The molecule has 2 bridgehead atoms. The number of pyridine rings is 1. The molecule has 3 aliphatic heterocycles. The van der Waals surface area contributed by atoms with Crippen molar-refractivity contribution in [3.8, 4) is 16.9 Å². The second kappa shape index (κ2) is 17.8. The molecule has 12 nitrogen and oxygen atoms in total. The lowest BCUT2D eigenvalue weighted by atomic mass is 9.86. The van der Waals surface area contributed by atoms with Crippen molar-refractivity contribution in [2.24, 2.45) is 5.92 Å². The molecule has 2 aromatic heterocycles. The number of piperidine rings is 3. The lowest BCUT2D eigenvalue weighted by molar-refractivity contribution is -0.0289. The molecule has 4 N–H and O–H groups in total. The van der Waals surface area contributed by atoms with Crippen LogP contribution in [0, 0.1) is 5.92 Å². The number of hydrogen-bond acceptors (Lipinski definition) is 9. The molecular weight excluding hydrogens is 783 g/mol. The molecule has 5 heterocycles. The second-order valence-corrected chi connectivity index (χ2v) is 22.7. The van der Waals surface area contributed by atoms with Gasteiger partial charge in [-0.2, -0.15) is 15.0 Å². The highest BCUT2D eigenvalue weighted by molar-refractivity contribution is 6.74. The predicted octanol–water partition coefficient (Wildman–Crippen LogP) is 9.24. The normalized spacial score (nSPS) is 18.5. The van der Waals surface area contributed by atoms with Gasteiger partial charge in [0.1, 0.15) is 22.9 Å². The zero-order chi connectivity index (χ0) is 42.7. The van der Waals surface area contributed by atoms with E-state index in [1.165, 1.54) is 6.07 Å². The van der Waals surface area contributed by atoms with Crippen LogP contribution < -0.4 is 16.2 Å². The minimum Gasteiger partial charge on any atom is -0.506 e.